The quantitative estimate of drug-likeness (QED) is 0.156. The number of hydrogen-bond donors (Lipinski definition) is 0. The van der Waals surface area contributed by atoms with Gasteiger partial charge in [0.05, 0.1) is 11.4 Å². The number of rotatable bonds is 6. The van der Waals surface area contributed by atoms with Crippen LogP contribution in [0.25, 0.3) is 21.9 Å². The van der Waals surface area contributed by atoms with Crippen LogP contribution in [0.3, 0.4) is 0 Å². The molecule has 1 fully saturated rings. The normalized spacial score (nSPS) is 14.5. The maximum Gasteiger partial charge on any atom is 0.252 e. The average molecular weight is 816 g/mol. The Labute approximate surface area is 371 Å². The third-order valence-electron chi connectivity index (χ3n) is 14.0. The number of furan rings is 1. The molecule has 3 aliphatic rings. The van der Waals surface area contributed by atoms with E-state index in [9.17, 15) is 0 Å². The molecule has 1 aromatic heterocycles. The number of anilines is 9. The standard InChI is InChI=1S/C58H50BN3O/c1-37-21-27-43(28-22-37)61-51-31-25-39(3)33-49(51)59-50-34-40(4)26-32-52(50)62(44-29-23-38(2)24-30-44)55-36-45(35-54(61)56(55)59)60(42-15-9-6-10-16-42)53-20-12-19-48-47-18-11-17-46(57(47)63-58(48)53)41-13-7-5-8-14-41/h6,9-12,15-36,41H,5,7-8,13-14H2,1-4H3. The molecule has 1 aliphatic carbocycles. The highest BCUT2D eigenvalue weighted by Crippen LogP contribution is 2.50. The fourth-order valence-electron chi connectivity index (χ4n) is 11.0. The molecule has 0 saturated heterocycles. The second-order valence-electron chi connectivity index (χ2n) is 18.3. The number of benzene rings is 8. The molecule has 1 saturated carbocycles. The summed E-state index contributed by atoms with van der Waals surface area (Å²) in [5, 5.41) is 2.35. The second-order valence-corrected chi connectivity index (χ2v) is 18.3. The first kappa shape index (κ1) is 37.8. The summed E-state index contributed by atoms with van der Waals surface area (Å²) in [6.45, 7) is 8.82. The van der Waals surface area contributed by atoms with Crippen LogP contribution in [-0.2, 0) is 0 Å². The molecule has 12 rings (SSSR count). The Morgan fingerprint density at radius 3 is 1.60 bits per heavy atom. The van der Waals surface area contributed by atoms with Crippen molar-refractivity contribution in [1.29, 1.82) is 0 Å². The van der Waals surface area contributed by atoms with Crippen LogP contribution in [0.1, 0.15) is 65.8 Å². The van der Waals surface area contributed by atoms with Gasteiger partial charge in [-0.15, -0.1) is 0 Å². The predicted molar refractivity (Wildman–Crippen MR) is 267 cm³/mol. The predicted octanol–water partition coefficient (Wildman–Crippen LogP) is 14.4. The number of nitrogens with zero attached hydrogens (tertiary/aromatic N) is 3. The van der Waals surface area contributed by atoms with Crippen molar-refractivity contribution in [2.45, 2.75) is 65.7 Å². The first-order valence-electron chi connectivity index (χ1n) is 22.8. The van der Waals surface area contributed by atoms with Gasteiger partial charge in [-0.25, -0.2) is 0 Å². The van der Waals surface area contributed by atoms with Gasteiger partial charge in [0.15, 0.2) is 5.58 Å². The van der Waals surface area contributed by atoms with Gasteiger partial charge in [-0.05, 0) is 135 Å². The van der Waals surface area contributed by atoms with Crippen LogP contribution in [0.15, 0.2) is 168 Å². The molecule has 0 radical (unpaired) electrons. The zero-order valence-corrected chi connectivity index (χ0v) is 36.5. The van der Waals surface area contributed by atoms with Gasteiger partial charge in [0.2, 0.25) is 0 Å². The number of para-hydroxylation sites is 3. The minimum absolute atomic E-state index is 0.0273. The van der Waals surface area contributed by atoms with Gasteiger partial charge in [-0.3, -0.25) is 0 Å². The monoisotopic (exact) mass is 815 g/mol. The second kappa shape index (κ2) is 14.8. The molecular weight excluding hydrogens is 765 g/mol. The van der Waals surface area contributed by atoms with Crippen LogP contribution in [0, 0.1) is 27.7 Å². The summed E-state index contributed by atoms with van der Waals surface area (Å²) in [4.78, 5) is 7.47. The molecule has 4 nitrogen and oxygen atoms in total. The zero-order chi connectivity index (χ0) is 42.3. The molecule has 0 unspecified atom stereocenters. The molecule has 0 N–H and O–H groups in total. The molecule has 0 spiro atoms. The molecule has 3 heterocycles. The van der Waals surface area contributed by atoms with Gasteiger partial charge in [-0.1, -0.05) is 139 Å². The molecule has 0 amide bonds. The smallest absolute Gasteiger partial charge is 0.252 e. The molecule has 5 heteroatoms. The Morgan fingerprint density at radius 1 is 0.476 bits per heavy atom. The molecule has 0 atom stereocenters. The SMILES string of the molecule is Cc1ccc(N2c3ccc(C)cc3B3c4cc(C)ccc4N(c4ccc(C)cc4)c4cc(N(c5ccccc5)c5cccc6c5oc5c(C7CCCCC7)cccc56)cc2c43)cc1. The lowest BCUT2D eigenvalue weighted by Gasteiger charge is -2.45. The number of aryl methyl sites for hydroxylation is 4. The summed E-state index contributed by atoms with van der Waals surface area (Å²) in [6, 6.07) is 61.5. The third-order valence-corrected chi connectivity index (χ3v) is 14.0. The van der Waals surface area contributed by atoms with Gasteiger partial charge in [-0.2, -0.15) is 0 Å². The molecule has 306 valence electrons. The number of fused-ring (bicyclic) bond motifs is 7. The molecule has 2 aliphatic heterocycles. The van der Waals surface area contributed by atoms with Crippen molar-refractivity contribution in [3.63, 3.8) is 0 Å². The van der Waals surface area contributed by atoms with E-state index >= 15 is 0 Å². The van der Waals surface area contributed by atoms with E-state index in [4.69, 9.17) is 4.42 Å². The largest absolute Gasteiger partial charge is 0.454 e. The van der Waals surface area contributed by atoms with Crippen LogP contribution in [0.4, 0.5) is 51.2 Å². The van der Waals surface area contributed by atoms with Gasteiger partial charge in [0.25, 0.3) is 6.71 Å². The lowest BCUT2D eigenvalue weighted by molar-refractivity contribution is 0.442. The van der Waals surface area contributed by atoms with Gasteiger partial charge in [0.1, 0.15) is 5.58 Å². The number of hydrogen-bond acceptors (Lipinski definition) is 4. The first-order chi connectivity index (χ1) is 30.9. The summed E-state index contributed by atoms with van der Waals surface area (Å²) in [5.74, 6) is 0.525. The fraction of sp³-hybridized carbons (Fsp3) is 0.172. The van der Waals surface area contributed by atoms with Crippen LogP contribution >= 0.6 is 0 Å². The Hall–Kier alpha value is -6.98. The molecule has 63 heavy (non-hydrogen) atoms. The molecular formula is C58H50BN3O. The van der Waals surface area contributed by atoms with Crippen LogP contribution in [0.2, 0.25) is 0 Å². The van der Waals surface area contributed by atoms with Crippen molar-refractivity contribution < 1.29 is 4.42 Å². The third kappa shape index (κ3) is 6.12. The molecule has 0 bridgehead atoms. The van der Waals surface area contributed by atoms with E-state index in [-0.39, 0.29) is 6.71 Å². The maximum absolute atomic E-state index is 7.25. The van der Waals surface area contributed by atoms with E-state index in [0.29, 0.717) is 5.92 Å². The van der Waals surface area contributed by atoms with Crippen LogP contribution in [0.5, 0.6) is 0 Å². The Morgan fingerprint density at radius 2 is 1.02 bits per heavy atom. The van der Waals surface area contributed by atoms with Crippen molar-refractivity contribution in [2.24, 2.45) is 0 Å². The van der Waals surface area contributed by atoms with E-state index in [2.05, 4.69) is 206 Å². The van der Waals surface area contributed by atoms with Crippen molar-refractivity contribution in [3.05, 3.63) is 192 Å². The zero-order valence-electron chi connectivity index (χ0n) is 36.5. The van der Waals surface area contributed by atoms with E-state index in [1.165, 1.54) is 104 Å². The van der Waals surface area contributed by atoms with E-state index in [1.807, 2.05) is 0 Å². The highest BCUT2D eigenvalue weighted by atomic mass is 16.3. The lowest BCUT2D eigenvalue weighted by Crippen LogP contribution is -2.61. The van der Waals surface area contributed by atoms with Crippen molar-refractivity contribution >= 4 is 96.2 Å². The molecule has 8 aromatic carbocycles. The van der Waals surface area contributed by atoms with E-state index in [0.717, 1.165) is 45.0 Å². The minimum Gasteiger partial charge on any atom is -0.454 e. The van der Waals surface area contributed by atoms with Gasteiger partial charge >= 0.3 is 0 Å². The Balaban J connectivity index is 1.18. The fourth-order valence-corrected chi connectivity index (χ4v) is 11.0. The summed E-state index contributed by atoms with van der Waals surface area (Å²) in [5.41, 5.74) is 22.5. The van der Waals surface area contributed by atoms with Crippen LogP contribution in [-0.4, -0.2) is 6.71 Å². The van der Waals surface area contributed by atoms with Crippen molar-refractivity contribution in [1.82, 2.24) is 0 Å². The Kier molecular flexibility index (Phi) is 8.90. The summed E-state index contributed by atoms with van der Waals surface area (Å²) in [7, 11) is 0. The summed E-state index contributed by atoms with van der Waals surface area (Å²) >= 11 is 0. The van der Waals surface area contributed by atoms with Crippen molar-refractivity contribution in [2.75, 3.05) is 14.7 Å². The van der Waals surface area contributed by atoms with Gasteiger partial charge < -0.3 is 19.1 Å². The highest BCUT2D eigenvalue weighted by Gasteiger charge is 2.44. The topological polar surface area (TPSA) is 22.9 Å². The minimum atomic E-state index is 0.0273. The van der Waals surface area contributed by atoms with Crippen LogP contribution < -0.4 is 31.1 Å². The molecule has 9 aromatic rings. The summed E-state index contributed by atoms with van der Waals surface area (Å²) < 4.78 is 7.25. The van der Waals surface area contributed by atoms with Crippen molar-refractivity contribution in [3.8, 4) is 0 Å². The average Bonchev–Trinajstić information content (AvgIpc) is 3.70. The Bertz CT molecular complexity index is 3090. The maximum atomic E-state index is 7.25. The van der Waals surface area contributed by atoms with E-state index in [1.54, 1.807) is 0 Å². The summed E-state index contributed by atoms with van der Waals surface area (Å²) in [6.07, 6.45) is 6.33. The highest BCUT2D eigenvalue weighted by molar-refractivity contribution is 7.00. The van der Waals surface area contributed by atoms with E-state index < -0.39 is 0 Å². The first-order valence-corrected chi connectivity index (χ1v) is 22.8. The van der Waals surface area contributed by atoms with Gasteiger partial charge in [0, 0.05) is 50.6 Å². The lowest BCUT2D eigenvalue weighted by atomic mass is 9.33.